The summed E-state index contributed by atoms with van der Waals surface area (Å²) in [5, 5.41) is 4.46. The van der Waals surface area contributed by atoms with Crippen molar-refractivity contribution in [3.63, 3.8) is 0 Å². The summed E-state index contributed by atoms with van der Waals surface area (Å²) in [5.74, 6) is 0. The zero-order chi connectivity index (χ0) is 97.4. The van der Waals surface area contributed by atoms with Crippen LogP contribution in [0.15, 0.2) is 227 Å². The summed E-state index contributed by atoms with van der Waals surface area (Å²) in [7, 11) is 0. The van der Waals surface area contributed by atoms with Gasteiger partial charge in [0, 0.05) is 44.9 Å². The Kier molecular flexibility index (Phi) is 19.0. The van der Waals surface area contributed by atoms with Gasteiger partial charge in [-0.15, -0.1) is 0 Å². The van der Waals surface area contributed by atoms with Crippen LogP contribution in [-0.2, 0) is 54.1 Å². The van der Waals surface area contributed by atoms with Gasteiger partial charge in [0.25, 0.3) is 0 Å². The van der Waals surface area contributed by atoms with Gasteiger partial charge in [0.2, 0.25) is 0 Å². The Morgan fingerprint density at radius 3 is 0.929 bits per heavy atom. The van der Waals surface area contributed by atoms with Crippen molar-refractivity contribution in [1.82, 2.24) is 0 Å². The van der Waals surface area contributed by atoms with E-state index in [9.17, 15) is 6.85 Å². The molecular weight excluding hydrogens is 1440 g/mol. The number of furan rings is 2. The fraction of sp³-hybridized carbons (Fsp3) is 0.385. The number of hydrogen-bond acceptors (Lipinski definition) is 6. The van der Waals surface area contributed by atoms with Crippen LogP contribution >= 0.6 is 34.8 Å². The molecule has 0 unspecified atom stereocenters. The van der Waals surface area contributed by atoms with E-state index in [1.165, 1.54) is 5.56 Å². The van der Waals surface area contributed by atoms with Crippen molar-refractivity contribution in [1.29, 1.82) is 0 Å². The van der Waals surface area contributed by atoms with Gasteiger partial charge in [-0.3, -0.25) is 0 Å². The lowest BCUT2D eigenvalue weighted by molar-refractivity contribution is 0.589. The maximum absolute atomic E-state index is 9.80. The van der Waals surface area contributed by atoms with E-state index in [2.05, 4.69) is 130 Å². The Morgan fingerprint density at radius 1 is 0.265 bits per heavy atom. The largest absolute Gasteiger partial charge is 0.462 e. The maximum atomic E-state index is 9.80. The minimum absolute atomic E-state index is 0.0215. The fourth-order valence-electron chi connectivity index (χ4n) is 12.5. The molecule has 0 atom stereocenters. The molecular formula is C104H127Cl3N4O2. The van der Waals surface area contributed by atoms with Gasteiger partial charge in [-0.2, -0.15) is 0 Å². The first-order chi connectivity index (χ1) is 58.8. The highest BCUT2D eigenvalue weighted by Crippen LogP contribution is 2.53. The summed E-state index contributed by atoms with van der Waals surface area (Å²) in [6.07, 6.45) is -0.548. The highest BCUT2D eigenvalue weighted by atomic mass is 35.5. The molecule has 0 aliphatic rings. The molecule has 0 radical (unpaired) electrons. The molecule has 2 aromatic heterocycles. The molecule has 12 aromatic rings. The molecule has 1 N–H and O–H groups in total. The van der Waals surface area contributed by atoms with E-state index in [1.54, 1.807) is 14.7 Å². The zero-order valence-corrected chi connectivity index (χ0v) is 74.6. The lowest BCUT2D eigenvalue weighted by atomic mass is 9.85. The third-order valence-corrected chi connectivity index (χ3v) is 21.1. The fourth-order valence-corrected chi connectivity index (χ4v) is 13.1. The zero-order valence-electron chi connectivity index (χ0n) is 88.3. The van der Waals surface area contributed by atoms with Crippen molar-refractivity contribution in [2.45, 2.75) is 262 Å². The van der Waals surface area contributed by atoms with Crippen molar-refractivity contribution in [3.8, 4) is 0 Å². The number of nitrogens with one attached hydrogen (secondary N) is 1. The molecule has 9 heteroatoms. The molecule has 0 fully saturated rings. The number of hydrogen-bond donors (Lipinski definition) is 1. The first kappa shape index (κ1) is 66.6. The summed E-state index contributed by atoms with van der Waals surface area (Å²) in [4.78, 5) is 5.35. The molecule has 10 aromatic carbocycles. The third-order valence-electron chi connectivity index (χ3n) is 19.9. The summed E-state index contributed by atoms with van der Waals surface area (Å²) in [6, 6.07) is 37.9. The van der Waals surface area contributed by atoms with Gasteiger partial charge >= 0.3 is 0 Å². The highest BCUT2D eigenvalue weighted by Gasteiger charge is 2.33. The lowest BCUT2D eigenvalue weighted by Gasteiger charge is -2.34. The Morgan fingerprint density at radius 2 is 0.566 bits per heavy atom. The van der Waals surface area contributed by atoms with E-state index in [0.717, 1.165) is 33.5 Å². The molecule has 0 aliphatic heterocycles. The second-order valence-corrected chi connectivity index (χ2v) is 41.1. The average Bonchev–Trinajstić information content (AvgIpc) is 1.45. The number of fused-ring (bicyclic) bond motifs is 2. The molecule has 113 heavy (non-hydrogen) atoms. The Labute approximate surface area is 717 Å². The molecule has 12 rings (SSSR count). The third kappa shape index (κ3) is 20.5. The maximum Gasteiger partial charge on any atom is 0.136 e. The summed E-state index contributed by atoms with van der Waals surface area (Å²) in [5.41, 5.74) is 8.97. The van der Waals surface area contributed by atoms with Crippen molar-refractivity contribution in [2.24, 2.45) is 0 Å². The van der Waals surface area contributed by atoms with E-state index < -0.39 is 27.1 Å². The molecule has 2 heterocycles. The van der Waals surface area contributed by atoms with E-state index >= 15 is 0 Å². The number of benzene rings is 10. The van der Waals surface area contributed by atoms with Crippen LogP contribution in [0.25, 0.3) is 21.9 Å². The Hall–Kier alpha value is -8.65. The summed E-state index contributed by atoms with van der Waals surface area (Å²) < 4.78 is 155. The van der Waals surface area contributed by atoms with Crippen LogP contribution in [0.2, 0.25) is 15.1 Å². The minimum atomic E-state index is -0.727. The molecule has 0 saturated heterocycles. The van der Waals surface area contributed by atoms with Crippen LogP contribution < -0.4 is 20.0 Å². The summed E-state index contributed by atoms with van der Waals surface area (Å²) in [6.45, 7) is 61.0. The topological polar surface area (TPSA) is 48.0 Å². The van der Waals surface area contributed by atoms with Gasteiger partial charge in [-0.1, -0.05) is 327 Å². The highest BCUT2D eigenvalue weighted by molar-refractivity contribution is 6.44. The number of rotatable bonds is 11. The SMILES string of the molecule is [2H]c1c([2H])c(Nc2ccc(C(C)(C)C)cc2)c([2H])c(C(C)(C)C)c1[2H].[2H]c1oc2c([2H])c([2H])c(C(C)(C)C)c([2H])c2c1N(c1ccc(C(C)(C)C)cc1)c1cc(C(C)(C)C)cc(Cl)c1Cl.[2H]c1oc2c([2H])c([2H])c(C(C)(C)C)c([2H])c2c1N(c1ccc(C(C)(C)C)cc1)c1cc(C(C)(C)C)cc(N(c2ccc(C(C)(C)C)cc2)c2c([2H])c([2H])c([2H])c(C(C)(C)C)c2[2H])c1Cl. The molecule has 0 bridgehead atoms. The lowest BCUT2D eigenvalue weighted by Crippen LogP contribution is -2.19. The van der Waals surface area contributed by atoms with Gasteiger partial charge in [0.15, 0.2) is 0 Å². The van der Waals surface area contributed by atoms with Gasteiger partial charge in [0.1, 0.15) is 26.4 Å². The first-order valence-corrected chi connectivity index (χ1v) is 40.1. The second-order valence-electron chi connectivity index (χ2n) is 40.0. The predicted molar refractivity (Wildman–Crippen MR) is 495 cm³/mol. The van der Waals surface area contributed by atoms with Gasteiger partial charge in [-0.05, 0) is 231 Å². The van der Waals surface area contributed by atoms with Crippen molar-refractivity contribution in [2.75, 3.05) is 20.0 Å². The molecule has 0 amide bonds. The molecule has 596 valence electrons. The van der Waals surface area contributed by atoms with Crippen LogP contribution in [0.3, 0.4) is 0 Å². The van der Waals surface area contributed by atoms with E-state index in [4.69, 9.17) is 58.7 Å². The minimum Gasteiger partial charge on any atom is -0.462 e. The Bertz CT molecular complexity index is 6290. The molecule has 0 aliphatic carbocycles. The quantitative estimate of drug-likeness (QED) is 0.139. The smallest absolute Gasteiger partial charge is 0.136 e. The van der Waals surface area contributed by atoms with Gasteiger partial charge in [0.05, 0.1) is 62.7 Å². The average molecular weight is 1590 g/mol. The standard InChI is InChI=1S/C52H63ClN2O.C32H37Cl2NO.C20H27N/c1-48(2,3)34-19-24-39(25-20-34)54(41-18-16-17-36(29-41)50(7,8)9)43-31-38(52(13,14)15)32-44(47(43)53)55(40-26-21-35(22-27-40)49(4,5)6)45-33-56-46-28-23-37(30-42(45)46)51(10,11)12;1-30(2,3)20-10-13-23(14-11-20)35(26-18-22(32(7,8)9)17-25(33)29(26)34)27-19-36-28-15-12-21(16-24(27)28)31(4,5)6;1-19(2,3)15-10-12-17(13-11-15)21-18-9-7-8-16(14-18)20(4,5)6/h16-33H,1-15H3;10-19H,1-9H3;7-14,21H,1-6H3/i16D,17D,18D,23D,28D,29D,30D,33D;12D,15D,16D,19D;7D,8D,9D,14D. The number of nitrogens with zero attached hydrogens (tertiary/aromatic N) is 3. The first-order valence-electron chi connectivity index (χ1n) is 47.0. The summed E-state index contributed by atoms with van der Waals surface area (Å²) >= 11 is 21.5. The van der Waals surface area contributed by atoms with Crippen molar-refractivity contribution >= 4 is 119 Å². The Balaban J connectivity index is 0.000000225. The van der Waals surface area contributed by atoms with E-state index in [1.807, 2.05) is 204 Å². The van der Waals surface area contributed by atoms with Crippen LogP contribution in [0.5, 0.6) is 0 Å². The van der Waals surface area contributed by atoms with Gasteiger partial charge in [-0.25, -0.2) is 0 Å². The van der Waals surface area contributed by atoms with E-state index in [-0.39, 0.29) is 168 Å². The molecule has 0 spiro atoms. The van der Waals surface area contributed by atoms with Crippen LogP contribution in [0.4, 0.5) is 62.6 Å². The number of anilines is 11. The van der Waals surface area contributed by atoms with Crippen molar-refractivity contribution < 1.29 is 30.8 Å². The molecule has 0 saturated carbocycles. The second kappa shape index (κ2) is 32.2. The van der Waals surface area contributed by atoms with Crippen LogP contribution in [0.1, 0.15) is 285 Å². The monoisotopic (exact) mass is 1590 g/mol. The van der Waals surface area contributed by atoms with E-state index in [0.29, 0.717) is 71.8 Å². The normalized spacial score (nSPS) is 14.8. The molecule has 6 nitrogen and oxygen atoms in total. The number of halogens is 3. The predicted octanol–water partition coefficient (Wildman–Crippen LogP) is 33.6. The van der Waals surface area contributed by atoms with Gasteiger partial charge < -0.3 is 28.9 Å². The van der Waals surface area contributed by atoms with Crippen LogP contribution in [-0.4, -0.2) is 0 Å². The van der Waals surface area contributed by atoms with Crippen molar-refractivity contribution in [3.05, 3.63) is 289 Å². The van der Waals surface area contributed by atoms with Crippen LogP contribution in [0, 0.1) is 0 Å².